The largest absolute Gasteiger partial charge is 0.373 e. The van der Waals surface area contributed by atoms with Crippen LogP contribution in [0.3, 0.4) is 0 Å². The molecule has 1 fully saturated rings. The molecule has 0 bridgehead atoms. The van der Waals surface area contributed by atoms with E-state index >= 15 is 0 Å². The van der Waals surface area contributed by atoms with Gasteiger partial charge < -0.3 is 4.74 Å². The minimum absolute atomic E-state index is 0.0415. The molecule has 2 aromatic rings. The fraction of sp³-hybridized carbons (Fsp3) is 0.400. The van der Waals surface area contributed by atoms with Gasteiger partial charge in [-0.15, -0.1) is 17.8 Å². The van der Waals surface area contributed by atoms with Crippen LogP contribution in [0.15, 0.2) is 34.5 Å². The number of amides is 1. The normalized spacial score (nSPS) is 19.9. The SMILES string of the molecule is C#CCNS(=O)(=O)c1ccc(C(=O)Nc2nc(CN3C[C@@H](C)O[C@@H](C)C3)cs2)cc1. The number of rotatable bonds is 7. The van der Waals surface area contributed by atoms with Crippen molar-refractivity contribution in [1.82, 2.24) is 14.6 Å². The first-order chi connectivity index (χ1) is 14.3. The molecule has 10 heteroatoms. The van der Waals surface area contributed by atoms with E-state index < -0.39 is 10.0 Å². The number of carbonyl (C=O) groups excluding carboxylic acids is 1. The Balaban J connectivity index is 1.59. The predicted octanol–water partition coefficient (Wildman–Crippen LogP) is 1.92. The quantitative estimate of drug-likeness (QED) is 0.628. The van der Waals surface area contributed by atoms with Gasteiger partial charge in [0, 0.05) is 30.6 Å². The van der Waals surface area contributed by atoms with Gasteiger partial charge in [0.05, 0.1) is 29.3 Å². The molecule has 0 unspecified atom stereocenters. The third-order valence-corrected chi connectivity index (χ3v) is 6.67. The molecule has 1 saturated heterocycles. The molecular weight excluding hydrogens is 424 g/mol. The van der Waals surface area contributed by atoms with Crippen LogP contribution in [-0.4, -0.2) is 56.1 Å². The fourth-order valence-corrected chi connectivity index (χ4v) is 4.89. The first kappa shape index (κ1) is 22.4. The van der Waals surface area contributed by atoms with E-state index in [0.717, 1.165) is 18.8 Å². The molecule has 30 heavy (non-hydrogen) atoms. The zero-order valence-electron chi connectivity index (χ0n) is 16.8. The number of hydrogen-bond acceptors (Lipinski definition) is 7. The molecule has 1 amide bonds. The number of carbonyl (C=O) groups is 1. The number of nitrogens with zero attached hydrogens (tertiary/aromatic N) is 2. The van der Waals surface area contributed by atoms with Crippen LogP contribution < -0.4 is 10.0 Å². The van der Waals surface area contributed by atoms with Gasteiger partial charge in [-0.1, -0.05) is 5.92 Å². The van der Waals surface area contributed by atoms with Crippen LogP contribution in [0.5, 0.6) is 0 Å². The molecule has 0 spiro atoms. The van der Waals surface area contributed by atoms with Crippen LogP contribution in [0.4, 0.5) is 5.13 Å². The van der Waals surface area contributed by atoms with Gasteiger partial charge in [-0.05, 0) is 38.1 Å². The summed E-state index contributed by atoms with van der Waals surface area (Å²) in [5.41, 5.74) is 1.22. The molecule has 160 valence electrons. The lowest BCUT2D eigenvalue weighted by molar-refractivity contribution is -0.0707. The maximum atomic E-state index is 12.5. The summed E-state index contributed by atoms with van der Waals surface area (Å²) in [5.74, 6) is 1.86. The minimum atomic E-state index is -3.69. The Labute approximate surface area is 180 Å². The number of terminal acetylenes is 1. The highest BCUT2D eigenvalue weighted by molar-refractivity contribution is 7.89. The Morgan fingerprint density at radius 2 is 1.97 bits per heavy atom. The van der Waals surface area contributed by atoms with Gasteiger partial charge in [-0.2, -0.15) is 4.72 Å². The molecule has 1 aliphatic heterocycles. The zero-order valence-corrected chi connectivity index (χ0v) is 18.4. The number of morpholine rings is 1. The van der Waals surface area contributed by atoms with Crippen molar-refractivity contribution in [1.29, 1.82) is 0 Å². The Kier molecular flexibility index (Phi) is 7.23. The molecule has 1 aliphatic rings. The lowest BCUT2D eigenvalue weighted by Crippen LogP contribution is -2.44. The highest BCUT2D eigenvalue weighted by atomic mass is 32.2. The van der Waals surface area contributed by atoms with E-state index in [1.165, 1.54) is 35.6 Å². The number of aromatic nitrogens is 1. The van der Waals surface area contributed by atoms with Crippen LogP contribution in [0, 0.1) is 12.3 Å². The standard InChI is InChI=1S/C20H24N4O4S2/c1-4-9-21-30(26,27)18-7-5-16(6-8-18)19(25)23-20-22-17(13-29-20)12-24-10-14(2)28-15(3)11-24/h1,5-8,13-15,21H,9-12H2,2-3H3,(H,22,23,25)/t14-,15+. The summed E-state index contributed by atoms with van der Waals surface area (Å²) in [6.45, 7) is 6.39. The smallest absolute Gasteiger partial charge is 0.257 e. The third-order valence-electron chi connectivity index (χ3n) is 4.44. The number of hydrogen-bond donors (Lipinski definition) is 2. The van der Waals surface area contributed by atoms with Crippen molar-refractivity contribution in [3.63, 3.8) is 0 Å². The molecular formula is C20H24N4O4S2. The van der Waals surface area contributed by atoms with E-state index in [1.807, 2.05) is 5.38 Å². The summed E-state index contributed by atoms with van der Waals surface area (Å²) in [7, 11) is -3.69. The van der Waals surface area contributed by atoms with Gasteiger partial charge in [0.1, 0.15) is 0 Å². The van der Waals surface area contributed by atoms with Crippen LogP contribution >= 0.6 is 11.3 Å². The highest BCUT2D eigenvalue weighted by Gasteiger charge is 2.23. The Hall–Kier alpha value is -2.29. The number of anilines is 1. The van der Waals surface area contributed by atoms with Crippen molar-refractivity contribution in [2.75, 3.05) is 25.0 Å². The average Bonchev–Trinajstić information content (AvgIpc) is 3.12. The molecule has 0 radical (unpaired) electrons. The monoisotopic (exact) mass is 448 g/mol. The van der Waals surface area contributed by atoms with Gasteiger partial charge in [-0.25, -0.2) is 13.4 Å². The van der Waals surface area contributed by atoms with E-state index in [9.17, 15) is 13.2 Å². The molecule has 8 nitrogen and oxygen atoms in total. The van der Waals surface area contributed by atoms with E-state index in [4.69, 9.17) is 11.2 Å². The Bertz CT molecular complexity index is 1020. The van der Waals surface area contributed by atoms with E-state index in [2.05, 4.69) is 39.7 Å². The zero-order chi connectivity index (χ0) is 21.7. The topological polar surface area (TPSA) is 101 Å². The summed E-state index contributed by atoms with van der Waals surface area (Å²) < 4.78 is 32.1. The predicted molar refractivity (Wildman–Crippen MR) is 116 cm³/mol. The maximum absolute atomic E-state index is 12.5. The first-order valence-electron chi connectivity index (χ1n) is 9.43. The number of benzene rings is 1. The van der Waals surface area contributed by atoms with Gasteiger partial charge in [0.2, 0.25) is 10.0 Å². The lowest BCUT2D eigenvalue weighted by Gasteiger charge is -2.34. The molecule has 1 aromatic carbocycles. The second-order valence-corrected chi connectivity index (χ2v) is 9.73. The molecule has 2 N–H and O–H groups in total. The minimum Gasteiger partial charge on any atom is -0.373 e. The van der Waals surface area contributed by atoms with Gasteiger partial charge >= 0.3 is 0 Å². The van der Waals surface area contributed by atoms with Crippen LogP contribution in [0.25, 0.3) is 0 Å². The van der Waals surface area contributed by atoms with E-state index in [0.29, 0.717) is 17.2 Å². The Morgan fingerprint density at radius 1 is 1.30 bits per heavy atom. The second kappa shape index (κ2) is 9.68. The highest BCUT2D eigenvalue weighted by Crippen LogP contribution is 2.20. The third kappa shape index (κ3) is 5.87. The van der Waals surface area contributed by atoms with Crippen molar-refractivity contribution in [3.05, 3.63) is 40.9 Å². The summed E-state index contributed by atoms with van der Waals surface area (Å²) >= 11 is 1.35. The summed E-state index contributed by atoms with van der Waals surface area (Å²) in [5, 5.41) is 5.18. The number of thiazole rings is 1. The second-order valence-electron chi connectivity index (χ2n) is 7.10. The van der Waals surface area contributed by atoms with Crippen LogP contribution in [-0.2, 0) is 21.3 Å². The molecule has 3 rings (SSSR count). The van der Waals surface area contributed by atoms with Gasteiger partial charge in [-0.3, -0.25) is 15.0 Å². The van der Waals surface area contributed by atoms with E-state index in [-0.39, 0.29) is 29.6 Å². The number of nitrogens with one attached hydrogen (secondary N) is 2. The molecule has 1 aromatic heterocycles. The van der Waals surface area contributed by atoms with Crippen LogP contribution in [0.1, 0.15) is 29.9 Å². The van der Waals surface area contributed by atoms with Crippen molar-refractivity contribution in [2.45, 2.75) is 37.5 Å². The maximum Gasteiger partial charge on any atom is 0.257 e. The average molecular weight is 449 g/mol. The first-order valence-corrected chi connectivity index (χ1v) is 11.8. The van der Waals surface area contributed by atoms with Gasteiger partial charge in [0.25, 0.3) is 5.91 Å². The van der Waals surface area contributed by atoms with Crippen molar-refractivity contribution < 1.29 is 17.9 Å². The molecule has 2 heterocycles. The molecule has 0 saturated carbocycles. The number of sulfonamides is 1. The summed E-state index contributed by atoms with van der Waals surface area (Å²) in [4.78, 5) is 19.3. The summed E-state index contributed by atoms with van der Waals surface area (Å²) in [6, 6.07) is 5.62. The Morgan fingerprint density at radius 3 is 2.60 bits per heavy atom. The van der Waals surface area contributed by atoms with Crippen molar-refractivity contribution >= 4 is 32.4 Å². The number of ether oxygens (including phenoxy) is 1. The summed E-state index contributed by atoms with van der Waals surface area (Å²) in [6.07, 6.45) is 5.44. The molecule has 0 aliphatic carbocycles. The lowest BCUT2D eigenvalue weighted by atomic mass is 10.2. The van der Waals surface area contributed by atoms with Crippen LogP contribution in [0.2, 0.25) is 0 Å². The van der Waals surface area contributed by atoms with Crippen molar-refractivity contribution in [3.8, 4) is 12.3 Å². The molecule has 2 atom stereocenters. The fourth-order valence-electron chi connectivity index (χ4n) is 3.25. The van der Waals surface area contributed by atoms with Crippen molar-refractivity contribution in [2.24, 2.45) is 0 Å². The van der Waals surface area contributed by atoms with Gasteiger partial charge in [0.15, 0.2) is 5.13 Å². The van der Waals surface area contributed by atoms with E-state index in [1.54, 1.807) is 0 Å².